The molecule has 1 aromatic rings. The van der Waals surface area contributed by atoms with Crippen molar-refractivity contribution in [1.82, 2.24) is 0 Å². The molecule has 7 nitrogen and oxygen atoms in total. The van der Waals surface area contributed by atoms with E-state index in [2.05, 4.69) is 0 Å². The van der Waals surface area contributed by atoms with Crippen LogP contribution < -0.4 is 14.9 Å². The predicted molar refractivity (Wildman–Crippen MR) is 75.5 cm³/mol. The molecule has 1 aromatic carbocycles. The molecule has 0 N–H and O–H groups in total. The first-order chi connectivity index (χ1) is 10.6. The second-order valence-corrected chi connectivity index (χ2v) is 5.21. The number of imide groups is 1. The average Bonchev–Trinajstić information content (AvgIpc) is 2.86. The van der Waals surface area contributed by atoms with Crippen LogP contribution in [0.2, 0.25) is 0 Å². The summed E-state index contributed by atoms with van der Waals surface area (Å²) in [4.78, 5) is 37.9. The highest BCUT2D eigenvalue weighted by atomic mass is 16.5. The number of carboxylic acid groups (broad SMARTS) is 1. The Kier molecular flexibility index (Phi) is 3.81. The Bertz CT molecular complexity index is 621. The number of aromatic carboxylic acids is 1. The minimum Gasteiger partial charge on any atom is -0.545 e. The van der Waals surface area contributed by atoms with Crippen LogP contribution in [0.5, 0.6) is 0 Å². The van der Waals surface area contributed by atoms with Gasteiger partial charge in [0, 0.05) is 37.2 Å². The smallest absolute Gasteiger partial charge is 0.234 e. The summed E-state index contributed by atoms with van der Waals surface area (Å²) in [5.74, 6) is -1.95. The number of rotatable bonds is 3. The number of carboxylic acids is 1. The molecular weight excluding hydrogens is 288 g/mol. The zero-order valence-corrected chi connectivity index (χ0v) is 11.9. The summed E-state index contributed by atoms with van der Waals surface area (Å²) in [7, 11) is 0. The molecule has 2 amide bonds. The lowest BCUT2D eigenvalue weighted by atomic mass is 10.1. The van der Waals surface area contributed by atoms with Crippen molar-refractivity contribution in [1.29, 1.82) is 0 Å². The minimum absolute atomic E-state index is 0.0214. The fourth-order valence-electron chi connectivity index (χ4n) is 2.77. The lowest BCUT2D eigenvalue weighted by molar-refractivity contribution is -0.255. The number of ether oxygens (including phenoxy) is 1. The standard InChI is InChI=1S/C15H16N2O5/c18-13-3-4-14(19)17(13)10-1-2-12(11(9-10)15(20)21)16-5-7-22-8-6-16/h1-2,9H,3-8H2,(H,20,21)/p-1. The second-order valence-electron chi connectivity index (χ2n) is 5.21. The highest BCUT2D eigenvalue weighted by molar-refractivity contribution is 6.20. The molecule has 0 radical (unpaired) electrons. The average molecular weight is 303 g/mol. The highest BCUT2D eigenvalue weighted by Crippen LogP contribution is 2.29. The third-order valence-electron chi connectivity index (χ3n) is 3.86. The van der Waals surface area contributed by atoms with Gasteiger partial charge < -0.3 is 19.5 Å². The highest BCUT2D eigenvalue weighted by Gasteiger charge is 2.31. The van der Waals surface area contributed by atoms with Crippen LogP contribution in [0, 0.1) is 0 Å². The second kappa shape index (κ2) is 5.76. The van der Waals surface area contributed by atoms with Crippen molar-refractivity contribution < 1.29 is 24.2 Å². The molecule has 7 heteroatoms. The van der Waals surface area contributed by atoms with Crippen molar-refractivity contribution in [3.05, 3.63) is 23.8 Å². The van der Waals surface area contributed by atoms with Crippen molar-refractivity contribution in [3.8, 4) is 0 Å². The number of carbonyl (C=O) groups is 3. The largest absolute Gasteiger partial charge is 0.545 e. The summed E-state index contributed by atoms with van der Waals surface area (Å²) in [6.07, 6.45) is 0.315. The Morgan fingerprint density at radius 3 is 2.32 bits per heavy atom. The molecule has 2 heterocycles. The van der Waals surface area contributed by atoms with E-state index in [1.54, 1.807) is 12.1 Å². The van der Waals surface area contributed by atoms with Crippen LogP contribution in [0.3, 0.4) is 0 Å². The summed E-state index contributed by atoms with van der Waals surface area (Å²) in [6.45, 7) is 2.22. The predicted octanol–water partition coefficient (Wildman–Crippen LogP) is -0.460. The molecule has 2 aliphatic heterocycles. The van der Waals surface area contributed by atoms with Gasteiger partial charge in [-0.05, 0) is 18.2 Å². The Morgan fingerprint density at radius 1 is 1.09 bits per heavy atom. The van der Waals surface area contributed by atoms with Gasteiger partial charge in [0.2, 0.25) is 11.8 Å². The van der Waals surface area contributed by atoms with E-state index in [4.69, 9.17) is 4.74 Å². The fourth-order valence-corrected chi connectivity index (χ4v) is 2.77. The maximum atomic E-state index is 11.8. The monoisotopic (exact) mass is 303 g/mol. The van der Waals surface area contributed by atoms with E-state index in [1.165, 1.54) is 6.07 Å². The minimum atomic E-state index is -1.33. The number of anilines is 2. The Morgan fingerprint density at radius 2 is 1.73 bits per heavy atom. The van der Waals surface area contributed by atoms with E-state index in [9.17, 15) is 19.5 Å². The first kappa shape index (κ1) is 14.5. The van der Waals surface area contributed by atoms with E-state index >= 15 is 0 Å². The van der Waals surface area contributed by atoms with Crippen molar-refractivity contribution in [2.45, 2.75) is 12.8 Å². The van der Waals surface area contributed by atoms with Crippen LogP contribution in [0.1, 0.15) is 23.2 Å². The molecule has 2 aliphatic rings. The number of hydrogen-bond donors (Lipinski definition) is 0. The number of amides is 2. The van der Waals surface area contributed by atoms with Gasteiger partial charge in [-0.3, -0.25) is 14.5 Å². The third-order valence-corrected chi connectivity index (χ3v) is 3.86. The van der Waals surface area contributed by atoms with Gasteiger partial charge in [0.05, 0.1) is 24.9 Å². The van der Waals surface area contributed by atoms with Gasteiger partial charge in [-0.25, -0.2) is 0 Å². The van der Waals surface area contributed by atoms with Gasteiger partial charge in [0.25, 0.3) is 0 Å². The van der Waals surface area contributed by atoms with Gasteiger partial charge in [-0.2, -0.15) is 0 Å². The van der Waals surface area contributed by atoms with Crippen molar-refractivity contribution in [2.75, 3.05) is 36.1 Å². The molecule has 0 aromatic heterocycles. The lowest BCUT2D eigenvalue weighted by Gasteiger charge is -2.31. The maximum Gasteiger partial charge on any atom is 0.234 e. The molecule has 0 atom stereocenters. The SMILES string of the molecule is O=C([O-])c1cc(N2C(=O)CCC2=O)ccc1N1CCOCC1. The van der Waals surface area contributed by atoms with Gasteiger partial charge in [-0.15, -0.1) is 0 Å². The van der Waals surface area contributed by atoms with E-state index in [-0.39, 0.29) is 35.9 Å². The Labute approximate surface area is 127 Å². The molecule has 116 valence electrons. The molecule has 2 saturated heterocycles. The number of nitrogens with zero attached hydrogens (tertiary/aromatic N) is 2. The van der Waals surface area contributed by atoms with Crippen LogP contribution in [0.15, 0.2) is 18.2 Å². The van der Waals surface area contributed by atoms with Crippen LogP contribution in [0.4, 0.5) is 11.4 Å². The first-order valence-corrected chi connectivity index (χ1v) is 7.12. The van der Waals surface area contributed by atoms with Crippen molar-refractivity contribution in [3.63, 3.8) is 0 Å². The number of hydrogen-bond acceptors (Lipinski definition) is 6. The molecule has 0 spiro atoms. The fraction of sp³-hybridized carbons (Fsp3) is 0.400. The van der Waals surface area contributed by atoms with Gasteiger partial charge in [0.1, 0.15) is 0 Å². The third kappa shape index (κ3) is 2.55. The lowest BCUT2D eigenvalue weighted by Crippen LogP contribution is -2.38. The quantitative estimate of drug-likeness (QED) is 0.702. The summed E-state index contributed by atoms with van der Waals surface area (Å²) in [5.41, 5.74) is 0.779. The zero-order valence-electron chi connectivity index (χ0n) is 11.9. The van der Waals surface area contributed by atoms with Crippen LogP contribution in [0.25, 0.3) is 0 Å². The summed E-state index contributed by atoms with van der Waals surface area (Å²) in [6, 6.07) is 4.55. The van der Waals surface area contributed by atoms with E-state index in [1.807, 2.05) is 4.90 Å². The summed E-state index contributed by atoms with van der Waals surface area (Å²) in [5, 5.41) is 11.4. The normalized spacial score (nSPS) is 18.9. The van der Waals surface area contributed by atoms with Crippen LogP contribution in [-0.4, -0.2) is 44.1 Å². The molecule has 0 bridgehead atoms. The zero-order chi connectivity index (χ0) is 15.7. The van der Waals surface area contributed by atoms with Crippen molar-refractivity contribution in [2.24, 2.45) is 0 Å². The number of morpholine rings is 1. The number of carbonyl (C=O) groups excluding carboxylic acids is 3. The molecule has 2 fully saturated rings. The van der Waals surface area contributed by atoms with E-state index in [0.29, 0.717) is 32.0 Å². The molecule has 22 heavy (non-hydrogen) atoms. The molecule has 0 unspecified atom stereocenters. The molecular formula is C15H15N2O5-. The van der Waals surface area contributed by atoms with Crippen molar-refractivity contribution >= 4 is 29.2 Å². The van der Waals surface area contributed by atoms with E-state index < -0.39 is 5.97 Å². The van der Waals surface area contributed by atoms with Crippen LogP contribution in [-0.2, 0) is 14.3 Å². The molecule has 0 aliphatic carbocycles. The van der Waals surface area contributed by atoms with Crippen LogP contribution >= 0.6 is 0 Å². The Balaban J connectivity index is 1.98. The van der Waals surface area contributed by atoms with E-state index in [0.717, 1.165) is 4.90 Å². The first-order valence-electron chi connectivity index (χ1n) is 7.12. The molecule has 3 rings (SSSR count). The summed E-state index contributed by atoms with van der Waals surface area (Å²) < 4.78 is 5.25. The number of benzene rings is 1. The van der Waals surface area contributed by atoms with Gasteiger partial charge in [0.15, 0.2) is 0 Å². The maximum absolute atomic E-state index is 11.8. The Hall–Kier alpha value is -2.41. The van der Waals surface area contributed by atoms with Gasteiger partial charge in [-0.1, -0.05) is 0 Å². The summed E-state index contributed by atoms with van der Waals surface area (Å²) >= 11 is 0. The van der Waals surface area contributed by atoms with Gasteiger partial charge >= 0.3 is 0 Å². The molecule has 0 saturated carbocycles. The topological polar surface area (TPSA) is 90.0 Å².